The number of hydrogen-bond acceptors (Lipinski definition) is 4. The highest BCUT2D eigenvalue weighted by Gasteiger charge is 2.28. The Morgan fingerprint density at radius 1 is 1.47 bits per heavy atom. The van der Waals surface area contributed by atoms with Gasteiger partial charge in [0, 0.05) is 4.92 Å². The maximum Gasteiger partial charge on any atom is 0.282 e. The van der Waals surface area contributed by atoms with Gasteiger partial charge in [-0.2, -0.15) is 0 Å². The lowest BCUT2D eigenvalue weighted by Gasteiger charge is -2.13. The molecule has 0 aliphatic heterocycles. The molecule has 0 amide bonds. The van der Waals surface area contributed by atoms with E-state index in [2.05, 4.69) is 47.8 Å². The minimum atomic E-state index is -0.969. The number of halogens is 3. The molecule has 94 valence electrons. The number of rotatable bonds is 4. The molecule has 2 unspecified atom stereocenters. The van der Waals surface area contributed by atoms with E-state index in [-0.39, 0.29) is 11.5 Å². The van der Waals surface area contributed by atoms with Gasteiger partial charge in [0.2, 0.25) is 0 Å². The quantitative estimate of drug-likeness (QED) is 0.341. The van der Waals surface area contributed by atoms with Crippen molar-refractivity contribution in [1.29, 1.82) is 0 Å². The van der Waals surface area contributed by atoms with Gasteiger partial charge in [0.15, 0.2) is 11.5 Å². The van der Waals surface area contributed by atoms with Gasteiger partial charge in [-0.1, -0.05) is 15.9 Å². The van der Waals surface area contributed by atoms with Crippen LogP contribution in [0.1, 0.15) is 10.4 Å². The van der Waals surface area contributed by atoms with Crippen LogP contribution in [0, 0.1) is 10.1 Å². The molecule has 0 aliphatic rings. The van der Waals surface area contributed by atoms with Crippen LogP contribution in [0.15, 0.2) is 16.6 Å². The molecule has 0 radical (unpaired) electrons. The maximum absolute atomic E-state index is 10.7. The summed E-state index contributed by atoms with van der Waals surface area (Å²) in [6, 6.07) is 3.13. The van der Waals surface area contributed by atoms with Gasteiger partial charge in [0.1, 0.15) is 4.83 Å². The summed E-state index contributed by atoms with van der Waals surface area (Å²) in [5, 5.41) is 20.3. The molecule has 0 heterocycles. The predicted octanol–water partition coefficient (Wildman–Crippen LogP) is 3.60. The fourth-order valence-electron chi connectivity index (χ4n) is 1.17. The second-order valence-corrected chi connectivity index (χ2v) is 5.89. The van der Waals surface area contributed by atoms with E-state index in [0.29, 0.717) is 10.0 Å². The third-order valence-electron chi connectivity index (χ3n) is 2.03. The van der Waals surface area contributed by atoms with Crippen LogP contribution < -0.4 is 4.74 Å². The van der Waals surface area contributed by atoms with Gasteiger partial charge in [0.25, 0.3) is 4.95 Å². The highest BCUT2D eigenvalue weighted by molar-refractivity contribution is 9.12. The van der Waals surface area contributed by atoms with E-state index >= 15 is 0 Å². The SMILES string of the molecule is COc1cc(C(Br)C(Br)[N+](=O)[O-])cc(Br)c1O. The molecule has 0 saturated carbocycles. The van der Waals surface area contributed by atoms with Gasteiger partial charge in [-0.3, -0.25) is 10.1 Å². The summed E-state index contributed by atoms with van der Waals surface area (Å²) in [5.41, 5.74) is 0.616. The summed E-state index contributed by atoms with van der Waals surface area (Å²) in [4.78, 5) is 8.70. The number of methoxy groups -OCH3 is 1. The second kappa shape index (κ2) is 6.01. The highest BCUT2D eigenvalue weighted by Crippen LogP contribution is 2.40. The van der Waals surface area contributed by atoms with Crippen LogP contribution in [0.3, 0.4) is 0 Å². The zero-order chi connectivity index (χ0) is 13.2. The number of phenols is 1. The predicted molar refractivity (Wildman–Crippen MR) is 73.7 cm³/mol. The average Bonchev–Trinajstić information content (AvgIpc) is 2.30. The van der Waals surface area contributed by atoms with Crippen LogP contribution in [0.5, 0.6) is 11.5 Å². The third kappa shape index (κ3) is 3.32. The fraction of sp³-hybridized carbons (Fsp3) is 0.333. The van der Waals surface area contributed by atoms with Crippen molar-refractivity contribution in [3.05, 3.63) is 32.3 Å². The zero-order valence-electron chi connectivity index (χ0n) is 8.56. The molecule has 17 heavy (non-hydrogen) atoms. The first-order valence-electron chi connectivity index (χ1n) is 4.36. The number of phenolic OH excluding ortho intramolecular Hbond substituents is 1. The van der Waals surface area contributed by atoms with Crippen molar-refractivity contribution in [2.24, 2.45) is 0 Å². The lowest BCUT2D eigenvalue weighted by atomic mass is 10.1. The molecular weight excluding hydrogens is 426 g/mol. The average molecular weight is 434 g/mol. The van der Waals surface area contributed by atoms with E-state index in [0.717, 1.165) is 0 Å². The summed E-state index contributed by atoms with van der Waals surface area (Å²) >= 11 is 9.35. The summed E-state index contributed by atoms with van der Waals surface area (Å²) in [6.45, 7) is 0. The standard InChI is InChI=1S/C9H8Br3NO4/c1-17-6-3-4(2-5(10)8(6)14)7(11)9(12)13(15)16/h2-3,7,9,14H,1H3. The molecule has 8 heteroatoms. The number of hydrogen-bond donors (Lipinski definition) is 1. The molecule has 0 aliphatic carbocycles. The molecule has 1 rings (SSSR count). The summed E-state index contributed by atoms with van der Waals surface area (Å²) < 4.78 is 5.39. The molecule has 0 saturated heterocycles. The van der Waals surface area contributed by atoms with Crippen molar-refractivity contribution in [3.8, 4) is 11.5 Å². The number of nitro groups is 1. The van der Waals surface area contributed by atoms with Crippen molar-refractivity contribution < 1.29 is 14.8 Å². The van der Waals surface area contributed by atoms with Gasteiger partial charge >= 0.3 is 0 Å². The van der Waals surface area contributed by atoms with E-state index in [1.807, 2.05) is 0 Å². The first kappa shape index (κ1) is 14.7. The smallest absolute Gasteiger partial charge is 0.282 e. The van der Waals surface area contributed by atoms with Crippen molar-refractivity contribution in [3.63, 3.8) is 0 Å². The van der Waals surface area contributed by atoms with E-state index in [4.69, 9.17) is 4.74 Å². The van der Waals surface area contributed by atoms with E-state index < -0.39 is 14.7 Å². The van der Waals surface area contributed by atoms with Crippen LogP contribution in [0.4, 0.5) is 0 Å². The lowest BCUT2D eigenvalue weighted by molar-refractivity contribution is -0.492. The van der Waals surface area contributed by atoms with Gasteiger partial charge in [-0.15, -0.1) is 0 Å². The van der Waals surface area contributed by atoms with Gasteiger partial charge in [0.05, 0.1) is 11.6 Å². The summed E-state index contributed by atoms with van der Waals surface area (Å²) in [6.07, 6.45) is 0. The van der Waals surface area contributed by atoms with Crippen LogP contribution >= 0.6 is 47.8 Å². The van der Waals surface area contributed by atoms with E-state index in [1.165, 1.54) is 13.2 Å². The Labute approximate surface area is 123 Å². The van der Waals surface area contributed by atoms with Crippen LogP contribution in [-0.4, -0.2) is 22.1 Å². The van der Waals surface area contributed by atoms with Crippen molar-refractivity contribution in [2.75, 3.05) is 7.11 Å². The number of nitrogens with zero attached hydrogens (tertiary/aromatic N) is 1. The van der Waals surface area contributed by atoms with Crippen molar-refractivity contribution >= 4 is 47.8 Å². The Kier molecular flexibility index (Phi) is 5.21. The first-order valence-corrected chi connectivity index (χ1v) is 6.99. The first-order chi connectivity index (χ1) is 7.88. The number of alkyl halides is 2. The van der Waals surface area contributed by atoms with Gasteiger partial charge in [-0.25, -0.2) is 0 Å². The fourth-order valence-corrected chi connectivity index (χ4v) is 2.40. The zero-order valence-corrected chi connectivity index (χ0v) is 13.3. The number of benzene rings is 1. The molecule has 0 aromatic heterocycles. The van der Waals surface area contributed by atoms with Gasteiger partial charge in [-0.05, 0) is 49.6 Å². The Bertz CT molecular complexity index is 440. The third-order valence-corrected chi connectivity index (χ3v) is 5.24. The molecule has 1 N–H and O–H groups in total. The largest absolute Gasteiger partial charge is 0.503 e. The molecule has 1 aromatic rings. The van der Waals surface area contributed by atoms with Crippen LogP contribution in [0.25, 0.3) is 0 Å². The Morgan fingerprint density at radius 2 is 2.06 bits per heavy atom. The molecule has 0 fully saturated rings. The van der Waals surface area contributed by atoms with Crippen LogP contribution in [-0.2, 0) is 0 Å². The monoisotopic (exact) mass is 431 g/mol. The normalized spacial score (nSPS) is 14.1. The minimum absolute atomic E-state index is 0.0387. The molecule has 0 bridgehead atoms. The minimum Gasteiger partial charge on any atom is -0.503 e. The topological polar surface area (TPSA) is 72.6 Å². The van der Waals surface area contributed by atoms with Crippen molar-refractivity contribution in [1.82, 2.24) is 0 Å². The van der Waals surface area contributed by atoms with E-state index in [1.54, 1.807) is 6.07 Å². The second-order valence-electron chi connectivity index (χ2n) is 3.11. The van der Waals surface area contributed by atoms with Crippen LogP contribution in [0.2, 0.25) is 0 Å². The number of aromatic hydroxyl groups is 1. The number of ether oxygens (including phenoxy) is 1. The molecule has 2 atom stereocenters. The lowest BCUT2D eigenvalue weighted by Crippen LogP contribution is -2.17. The Hall–Kier alpha value is -0.340. The van der Waals surface area contributed by atoms with Gasteiger partial charge < -0.3 is 9.84 Å². The Morgan fingerprint density at radius 3 is 2.53 bits per heavy atom. The summed E-state index contributed by atoms with van der Waals surface area (Å²) in [7, 11) is 1.41. The maximum atomic E-state index is 10.7. The molecule has 1 aromatic carbocycles. The van der Waals surface area contributed by atoms with E-state index in [9.17, 15) is 15.2 Å². The highest BCUT2D eigenvalue weighted by atomic mass is 79.9. The van der Waals surface area contributed by atoms with Crippen molar-refractivity contribution in [2.45, 2.75) is 9.78 Å². The molecule has 0 spiro atoms. The molecular formula is C9H8Br3NO4. The Balaban J connectivity index is 3.15. The summed E-state index contributed by atoms with van der Waals surface area (Å²) in [5.74, 6) is 0.213. The molecule has 5 nitrogen and oxygen atoms in total.